The van der Waals surface area contributed by atoms with Crippen LogP contribution in [0.5, 0.6) is 0 Å². The minimum Gasteiger partial charge on any atom is -0.396 e. The topological polar surface area (TPSA) is 57.2 Å². The molecular formula is C24H38O5. The number of hydrogen-bond acceptors (Lipinski definition) is 5. The molecule has 0 aromatic carbocycles. The molecule has 5 nitrogen and oxygen atoms in total. The summed E-state index contributed by atoms with van der Waals surface area (Å²) in [4.78, 5) is 0. The van der Waals surface area contributed by atoms with Crippen LogP contribution in [-0.4, -0.2) is 49.7 Å². The minimum absolute atomic E-state index is 0.125. The van der Waals surface area contributed by atoms with Crippen LogP contribution in [0.4, 0.5) is 0 Å². The van der Waals surface area contributed by atoms with Crippen molar-refractivity contribution in [2.45, 2.75) is 76.8 Å². The van der Waals surface area contributed by atoms with Crippen molar-refractivity contribution in [2.75, 3.05) is 33.0 Å². The molecule has 29 heavy (non-hydrogen) atoms. The fraction of sp³-hybridized carbons (Fsp3) is 1.00. The lowest BCUT2D eigenvalue weighted by molar-refractivity contribution is -0.474. The molecule has 0 spiro atoms. The van der Waals surface area contributed by atoms with Crippen molar-refractivity contribution in [2.24, 2.45) is 40.4 Å². The predicted molar refractivity (Wildman–Crippen MR) is 107 cm³/mol. The van der Waals surface area contributed by atoms with E-state index in [0.29, 0.717) is 62.1 Å². The second kappa shape index (κ2) is 6.41. The summed E-state index contributed by atoms with van der Waals surface area (Å²) in [5.74, 6) is 1.23. The van der Waals surface area contributed by atoms with E-state index in [0.717, 1.165) is 18.8 Å². The summed E-state index contributed by atoms with van der Waals surface area (Å²) < 4.78 is 25.8. The average Bonchev–Trinajstić information content (AvgIpc) is 2.99. The van der Waals surface area contributed by atoms with Crippen LogP contribution in [0.1, 0.15) is 65.2 Å². The summed E-state index contributed by atoms with van der Waals surface area (Å²) in [5.41, 5.74) is 0.300. The van der Waals surface area contributed by atoms with Crippen molar-refractivity contribution >= 4 is 0 Å². The van der Waals surface area contributed by atoms with Crippen molar-refractivity contribution in [3.8, 4) is 0 Å². The zero-order valence-corrected chi connectivity index (χ0v) is 18.2. The quantitative estimate of drug-likeness (QED) is 0.719. The Morgan fingerprint density at radius 2 is 1.59 bits per heavy atom. The van der Waals surface area contributed by atoms with E-state index in [1.807, 2.05) is 0 Å². The van der Waals surface area contributed by atoms with Gasteiger partial charge in [0.1, 0.15) is 0 Å². The smallest absolute Gasteiger partial charge is 0.229 e. The van der Waals surface area contributed by atoms with Gasteiger partial charge in [-0.15, -0.1) is 0 Å². The number of ether oxygens (including phenoxy) is 4. The molecule has 0 amide bonds. The van der Waals surface area contributed by atoms with Gasteiger partial charge in [0, 0.05) is 18.4 Å². The van der Waals surface area contributed by atoms with Gasteiger partial charge >= 0.3 is 0 Å². The Morgan fingerprint density at radius 1 is 0.862 bits per heavy atom. The molecule has 2 aliphatic heterocycles. The van der Waals surface area contributed by atoms with Gasteiger partial charge in [-0.1, -0.05) is 26.7 Å². The van der Waals surface area contributed by atoms with Crippen molar-refractivity contribution in [3.05, 3.63) is 0 Å². The van der Waals surface area contributed by atoms with Crippen LogP contribution in [0.25, 0.3) is 0 Å². The van der Waals surface area contributed by atoms with E-state index in [-0.39, 0.29) is 5.41 Å². The van der Waals surface area contributed by atoms with Crippen LogP contribution in [-0.2, 0) is 18.9 Å². The zero-order valence-electron chi connectivity index (χ0n) is 18.2. The highest BCUT2D eigenvalue weighted by Gasteiger charge is 2.79. The summed E-state index contributed by atoms with van der Waals surface area (Å²) in [6.07, 6.45) is 9.80. The maximum Gasteiger partial charge on any atom is 0.229 e. The first-order valence-corrected chi connectivity index (χ1v) is 12.2. The lowest BCUT2D eigenvalue weighted by Gasteiger charge is -2.63. The molecule has 6 rings (SSSR count). The highest BCUT2D eigenvalue weighted by molar-refractivity contribution is 5.20. The molecule has 6 fully saturated rings. The van der Waals surface area contributed by atoms with Gasteiger partial charge < -0.3 is 24.1 Å². The van der Waals surface area contributed by atoms with Crippen molar-refractivity contribution in [1.82, 2.24) is 0 Å². The number of aliphatic hydroxyl groups excluding tert-OH is 1. The van der Waals surface area contributed by atoms with Crippen molar-refractivity contribution in [3.63, 3.8) is 0 Å². The number of rotatable bonds is 1. The Labute approximate surface area is 174 Å². The Balaban J connectivity index is 1.44. The number of fused-ring (bicyclic) bond motifs is 5. The van der Waals surface area contributed by atoms with Gasteiger partial charge in [-0.3, -0.25) is 0 Å². The summed E-state index contributed by atoms with van der Waals surface area (Å²) in [6.45, 7) is 7.56. The van der Waals surface area contributed by atoms with Gasteiger partial charge in [0.2, 0.25) is 11.6 Å². The summed E-state index contributed by atoms with van der Waals surface area (Å²) in [7, 11) is 0. The van der Waals surface area contributed by atoms with Crippen LogP contribution in [0.15, 0.2) is 0 Å². The minimum atomic E-state index is -0.781. The third-order valence-corrected chi connectivity index (χ3v) is 10.6. The Hall–Kier alpha value is -0.200. The lowest BCUT2D eigenvalue weighted by Crippen LogP contribution is -2.70. The fourth-order valence-electron chi connectivity index (χ4n) is 9.34. The molecule has 164 valence electrons. The van der Waals surface area contributed by atoms with E-state index < -0.39 is 11.6 Å². The second-order valence-electron chi connectivity index (χ2n) is 11.3. The summed E-state index contributed by atoms with van der Waals surface area (Å²) in [6, 6.07) is 0. The van der Waals surface area contributed by atoms with Crippen LogP contribution in [0.2, 0.25) is 0 Å². The van der Waals surface area contributed by atoms with Crippen LogP contribution < -0.4 is 0 Å². The zero-order chi connectivity index (χ0) is 19.9. The Bertz CT molecular complexity index is 654. The molecule has 2 saturated heterocycles. The van der Waals surface area contributed by atoms with Crippen LogP contribution in [0, 0.1) is 40.4 Å². The Morgan fingerprint density at radius 3 is 2.31 bits per heavy atom. The van der Waals surface area contributed by atoms with E-state index in [1.54, 1.807) is 0 Å². The predicted octanol–water partition coefficient (Wildman–Crippen LogP) is 3.73. The normalized spacial score (nSPS) is 59.1. The SMILES string of the molecule is C[C@]12CCCCC1C[C@H](CO)[C@@H]1[C@@H]2CC[C@@]2(C)[C@H]1CC13OCCOC12OCCO3. The van der Waals surface area contributed by atoms with Gasteiger partial charge in [0.05, 0.1) is 26.4 Å². The average molecular weight is 407 g/mol. The third kappa shape index (κ3) is 2.24. The summed E-state index contributed by atoms with van der Waals surface area (Å²) in [5, 5.41) is 10.5. The van der Waals surface area contributed by atoms with E-state index in [9.17, 15) is 5.11 Å². The second-order valence-corrected chi connectivity index (χ2v) is 11.3. The van der Waals surface area contributed by atoms with E-state index >= 15 is 0 Å². The molecule has 7 atom stereocenters. The molecule has 0 radical (unpaired) electrons. The molecular weight excluding hydrogens is 368 g/mol. The van der Waals surface area contributed by atoms with Crippen molar-refractivity contribution < 1.29 is 24.1 Å². The summed E-state index contributed by atoms with van der Waals surface area (Å²) >= 11 is 0. The monoisotopic (exact) mass is 406 g/mol. The highest BCUT2D eigenvalue weighted by atomic mass is 16.8. The lowest BCUT2D eigenvalue weighted by atomic mass is 9.43. The molecule has 5 heteroatoms. The number of aliphatic hydroxyl groups is 1. The molecule has 0 bridgehead atoms. The molecule has 6 aliphatic rings. The maximum absolute atomic E-state index is 10.5. The molecule has 0 aromatic rings. The van der Waals surface area contributed by atoms with E-state index in [2.05, 4.69) is 13.8 Å². The first-order chi connectivity index (χ1) is 14.0. The molecule has 0 aromatic heterocycles. The van der Waals surface area contributed by atoms with Crippen LogP contribution in [0.3, 0.4) is 0 Å². The maximum atomic E-state index is 10.5. The van der Waals surface area contributed by atoms with E-state index in [4.69, 9.17) is 18.9 Å². The molecule has 1 N–H and O–H groups in total. The van der Waals surface area contributed by atoms with Gasteiger partial charge in [0.25, 0.3) is 0 Å². The molecule has 2 heterocycles. The van der Waals surface area contributed by atoms with Gasteiger partial charge in [-0.2, -0.15) is 0 Å². The van der Waals surface area contributed by atoms with Gasteiger partial charge in [-0.05, 0) is 67.1 Å². The third-order valence-electron chi connectivity index (χ3n) is 10.6. The first kappa shape index (κ1) is 19.5. The van der Waals surface area contributed by atoms with Gasteiger partial charge in [0.15, 0.2) is 0 Å². The standard InChI is InChI=1S/C24H38O5/c1-21-7-4-3-5-17(21)13-16(15-25)20-18(21)6-8-22(2)19(20)14-23-24(22,28-11-9-26-23)29-12-10-27-23/h16-20,25H,3-15H2,1-2H3/t16-,17?,18+,19+,20-,21+,22+,23?,24?/m1/s1. The number of hydrogen-bond donors (Lipinski definition) is 1. The Kier molecular flexibility index (Phi) is 4.31. The highest BCUT2D eigenvalue weighted by Crippen LogP contribution is 2.73. The fourth-order valence-corrected chi connectivity index (χ4v) is 9.34. The van der Waals surface area contributed by atoms with Crippen LogP contribution >= 0.6 is 0 Å². The first-order valence-electron chi connectivity index (χ1n) is 12.2. The van der Waals surface area contributed by atoms with Gasteiger partial charge in [-0.25, -0.2) is 0 Å². The van der Waals surface area contributed by atoms with E-state index in [1.165, 1.54) is 38.5 Å². The molecule has 4 aliphatic carbocycles. The molecule has 4 saturated carbocycles. The van der Waals surface area contributed by atoms with Crippen molar-refractivity contribution in [1.29, 1.82) is 0 Å². The molecule has 1 unspecified atom stereocenters. The largest absolute Gasteiger partial charge is 0.396 e.